The number of hydrogen-bond donors (Lipinski definition) is 1. The van der Waals surface area contributed by atoms with Gasteiger partial charge < -0.3 is 4.98 Å². The van der Waals surface area contributed by atoms with Gasteiger partial charge in [-0.1, -0.05) is 36.4 Å². The van der Waals surface area contributed by atoms with Crippen LogP contribution in [-0.2, 0) is 11.2 Å². The molecular formula is C23H17N3O2S. The van der Waals surface area contributed by atoms with E-state index in [0.717, 1.165) is 38.9 Å². The van der Waals surface area contributed by atoms with Gasteiger partial charge in [-0.3, -0.25) is 4.79 Å². The molecule has 4 aromatic rings. The summed E-state index contributed by atoms with van der Waals surface area (Å²) in [6.07, 6.45) is 1.43. The van der Waals surface area contributed by atoms with E-state index >= 15 is 0 Å². The van der Waals surface area contributed by atoms with Crippen molar-refractivity contribution in [3.05, 3.63) is 75.3 Å². The highest BCUT2D eigenvalue weighted by Crippen LogP contribution is 2.41. The number of aryl methyl sites for hydroxylation is 1. The third-order valence-electron chi connectivity index (χ3n) is 4.92. The molecular weight excluding hydrogens is 382 g/mol. The molecule has 2 aromatic carbocycles. The summed E-state index contributed by atoms with van der Waals surface area (Å²) >= 11 is 1.44. The smallest absolute Gasteiger partial charge is 0.286 e. The van der Waals surface area contributed by atoms with Crippen LogP contribution >= 0.6 is 11.3 Å². The molecule has 0 unspecified atom stereocenters. The van der Waals surface area contributed by atoms with Crippen LogP contribution in [-0.4, -0.2) is 10.9 Å². The third-order valence-corrected chi connectivity index (χ3v) is 5.73. The van der Waals surface area contributed by atoms with Crippen LogP contribution in [0.3, 0.4) is 0 Å². The number of thiophene rings is 1. The van der Waals surface area contributed by atoms with E-state index in [1.807, 2.05) is 47.8 Å². The minimum atomic E-state index is -0.611. The monoisotopic (exact) mass is 399 g/mol. The second kappa shape index (κ2) is 8.21. The number of benzene rings is 2. The van der Waals surface area contributed by atoms with Crippen molar-refractivity contribution in [2.75, 3.05) is 0 Å². The molecule has 0 saturated heterocycles. The molecule has 0 radical (unpaired) electrons. The Morgan fingerprint density at radius 3 is 2.83 bits per heavy atom. The van der Waals surface area contributed by atoms with E-state index in [4.69, 9.17) is 0 Å². The number of carbonyl (C=O) groups excluding carboxylic acids is 1. The first kappa shape index (κ1) is 18.8. The van der Waals surface area contributed by atoms with Crippen LogP contribution in [0.1, 0.15) is 23.3 Å². The van der Waals surface area contributed by atoms with E-state index in [1.165, 1.54) is 11.3 Å². The molecule has 6 heteroatoms. The third kappa shape index (κ3) is 3.73. The molecule has 29 heavy (non-hydrogen) atoms. The number of para-hydroxylation sites is 1. The van der Waals surface area contributed by atoms with Crippen molar-refractivity contribution in [2.45, 2.75) is 19.3 Å². The van der Waals surface area contributed by atoms with E-state index in [1.54, 1.807) is 0 Å². The zero-order valence-electron chi connectivity index (χ0n) is 15.5. The molecule has 1 amide bonds. The van der Waals surface area contributed by atoms with E-state index in [0.29, 0.717) is 17.7 Å². The molecule has 0 atom stereocenters. The van der Waals surface area contributed by atoms with E-state index in [9.17, 15) is 15.0 Å². The quantitative estimate of drug-likeness (QED) is 0.400. The Bertz CT molecular complexity index is 1250. The Morgan fingerprint density at radius 2 is 2.00 bits per heavy atom. The molecule has 0 bridgehead atoms. The van der Waals surface area contributed by atoms with Crippen molar-refractivity contribution in [3.8, 4) is 28.5 Å². The lowest BCUT2D eigenvalue weighted by molar-refractivity contribution is -0.118. The van der Waals surface area contributed by atoms with Gasteiger partial charge in [-0.05, 0) is 47.5 Å². The fraction of sp³-hybridized carbons (Fsp3) is 0.130. The number of carbonyl (C=O) groups is 1. The van der Waals surface area contributed by atoms with Crippen LogP contribution in [0.5, 0.6) is 0 Å². The summed E-state index contributed by atoms with van der Waals surface area (Å²) in [4.78, 5) is 25.6. The van der Waals surface area contributed by atoms with Gasteiger partial charge in [-0.15, -0.1) is 16.2 Å². The molecule has 2 heterocycles. The van der Waals surface area contributed by atoms with Crippen molar-refractivity contribution in [1.29, 1.82) is 5.26 Å². The van der Waals surface area contributed by atoms with Gasteiger partial charge in [0.25, 0.3) is 5.91 Å². The lowest BCUT2D eigenvalue weighted by Gasteiger charge is -2.07. The largest absolute Gasteiger partial charge is 0.354 e. The van der Waals surface area contributed by atoms with Crippen molar-refractivity contribution in [2.24, 2.45) is 5.18 Å². The van der Waals surface area contributed by atoms with Gasteiger partial charge in [0.05, 0.1) is 5.69 Å². The summed E-state index contributed by atoms with van der Waals surface area (Å²) in [5.74, 6) is -0.611. The molecule has 0 spiro atoms. The number of fused-ring (bicyclic) bond motifs is 1. The first-order valence-electron chi connectivity index (χ1n) is 9.25. The Balaban J connectivity index is 1.78. The number of hydrogen-bond acceptors (Lipinski definition) is 4. The Hall–Kier alpha value is -3.56. The summed E-state index contributed by atoms with van der Waals surface area (Å²) in [5.41, 5.74) is 6.03. The average molecular weight is 399 g/mol. The molecule has 0 fully saturated rings. The number of nitroso groups, excluding NO2 is 1. The first-order valence-corrected chi connectivity index (χ1v) is 10.1. The summed E-state index contributed by atoms with van der Waals surface area (Å²) in [5, 5.41) is 15.0. The summed E-state index contributed by atoms with van der Waals surface area (Å²) < 4.78 is 0. The van der Waals surface area contributed by atoms with Gasteiger partial charge in [0, 0.05) is 33.6 Å². The van der Waals surface area contributed by atoms with Gasteiger partial charge >= 0.3 is 0 Å². The zero-order chi connectivity index (χ0) is 20.2. The van der Waals surface area contributed by atoms with Crippen LogP contribution in [0.2, 0.25) is 0 Å². The highest BCUT2D eigenvalue weighted by Gasteiger charge is 2.18. The molecule has 5 nitrogen and oxygen atoms in total. The van der Waals surface area contributed by atoms with Crippen LogP contribution in [0.15, 0.2) is 65.2 Å². The van der Waals surface area contributed by atoms with Gasteiger partial charge in [0.1, 0.15) is 10.9 Å². The molecule has 0 saturated carbocycles. The summed E-state index contributed by atoms with van der Waals surface area (Å²) in [7, 11) is 0. The van der Waals surface area contributed by atoms with Crippen molar-refractivity contribution in [3.63, 3.8) is 0 Å². The predicted molar refractivity (Wildman–Crippen MR) is 116 cm³/mol. The predicted octanol–water partition coefficient (Wildman–Crippen LogP) is 6.05. The number of H-pyrrole nitrogens is 1. The van der Waals surface area contributed by atoms with E-state index in [2.05, 4.69) is 28.4 Å². The van der Waals surface area contributed by atoms with Crippen LogP contribution in [0.25, 0.3) is 33.3 Å². The molecule has 4 rings (SSSR count). The second-order valence-electron chi connectivity index (χ2n) is 6.73. The lowest BCUT2D eigenvalue weighted by atomic mass is 9.97. The fourth-order valence-corrected chi connectivity index (χ4v) is 4.29. The lowest BCUT2D eigenvalue weighted by Crippen LogP contribution is -1.94. The van der Waals surface area contributed by atoms with Crippen LogP contribution in [0, 0.1) is 16.2 Å². The van der Waals surface area contributed by atoms with Crippen molar-refractivity contribution in [1.82, 2.24) is 4.98 Å². The van der Waals surface area contributed by atoms with Crippen LogP contribution < -0.4 is 0 Å². The number of nitrogens with zero attached hydrogens (tertiary/aromatic N) is 2. The molecule has 2 aromatic heterocycles. The molecule has 142 valence electrons. The number of aromatic nitrogens is 1. The van der Waals surface area contributed by atoms with Crippen molar-refractivity contribution < 1.29 is 4.79 Å². The van der Waals surface area contributed by atoms with Gasteiger partial charge in [0.15, 0.2) is 0 Å². The van der Waals surface area contributed by atoms with Gasteiger partial charge in [-0.25, -0.2) is 0 Å². The first-order chi connectivity index (χ1) is 14.2. The molecule has 1 N–H and O–H groups in total. The Labute approximate surface area is 171 Å². The van der Waals surface area contributed by atoms with Gasteiger partial charge in [-0.2, -0.15) is 5.26 Å². The standard InChI is InChI=1S/C23H17N3O2S/c24-14-20-18(11-12-29-20)22-17-8-1-2-9-19(17)25-23(22)16-7-3-5-15(13-16)6-4-10-21(27)26-28/h1-3,5,7-9,11-13,25H,4,6,10H2. The average Bonchev–Trinajstić information content (AvgIpc) is 3.37. The molecule has 0 aliphatic heterocycles. The fourth-order valence-electron chi connectivity index (χ4n) is 3.60. The van der Waals surface area contributed by atoms with E-state index < -0.39 is 5.91 Å². The number of rotatable bonds is 6. The minimum absolute atomic E-state index is 0.159. The maximum absolute atomic E-state index is 11.1. The molecule has 0 aliphatic rings. The number of amides is 1. The topological polar surface area (TPSA) is 86.1 Å². The number of nitriles is 1. The molecule has 0 aliphatic carbocycles. The number of nitrogens with one attached hydrogen (secondary N) is 1. The number of aromatic amines is 1. The summed E-state index contributed by atoms with van der Waals surface area (Å²) in [6.45, 7) is 0. The SMILES string of the molecule is N#Cc1sccc1-c1c(-c2cccc(CCCC(=O)N=O)c2)[nH]c2ccccc12. The van der Waals surface area contributed by atoms with Gasteiger partial charge in [0.2, 0.25) is 0 Å². The van der Waals surface area contributed by atoms with E-state index in [-0.39, 0.29) is 6.42 Å². The van der Waals surface area contributed by atoms with Crippen LogP contribution in [0.4, 0.5) is 0 Å². The minimum Gasteiger partial charge on any atom is -0.354 e. The zero-order valence-corrected chi connectivity index (χ0v) is 16.3. The maximum atomic E-state index is 11.1. The normalized spacial score (nSPS) is 10.7. The Morgan fingerprint density at radius 1 is 1.14 bits per heavy atom. The Kier molecular flexibility index (Phi) is 5.32. The highest BCUT2D eigenvalue weighted by molar-refractivity contribution is 7.11. The van der Waals surface area contributed by atoms with Crippen molar-refractivity contribution >= 4 is 28.1 Å². The highest BCUT2D eigenvalue weighted by atomic mass is 32.1. The second-order valence-corrected chi connectivity index (χ2v) is 7.65. The maximum Gasteiger partial charge on any atom is 0.286 e. The summed E-state index contributed by atoms with van der Waals surface area (Å²) in [6, 6.07) is 20.5.